The van der Waals surface area contributed by atoms with Crippen molar-refractivity contribution in [1.82, 2.24) is 0 Å². The van der Waals surface area contributed by atoms with Crippen molar-refractivity contribution in [2.45, 2.75) is 13.8 Å². The van der Waals surface area contributed by atoms with E-state index in [1.807, 2.05) is 20.2 Å². The molecule has 1 radical (unpaired) electrons. The van der Waals surface area contributed by atoms with Gasteiger partial charge < -0.3 is 4.90 Å². The van der Waals surface area contributed by atoms with Gasteiger partial charge in [0.1, 0.15) is 0 Å². The van der Waals surface area contributed by atoms with Crippen molar-refractivity contribution < 1.29 is 0 Å². The van der Waals surface area contributed by atoms with Crippen molar-refractivity contribution >= 4 is 5.69 Å². The number of hydrogen-bond donors (Lipinski definition) is 0. The van der Waals surface area contributed by atoms with E-state index >= 15 is 0 Å². The van der Waals surface area contributed by atoms with Gasteiger partial charge in [0.05, 0.1) is 0 Å². The molecule has 0 heterocycles. The summed E-state index contributed by atoms with van der Waals surface area (Å²) in [5.74, 6) is 0. The molecule has 0 fully saturated rings. The Labute approximate surface area is 68.7 Å². The summed E-state index contributed by atoms with van der Waals surface area (Å²) in [5, 5.41) is 0. The molecule has 1 heteroatoms. The van der Waals surface area contributed by atoms with Gasteiger partial charge in [0.15, 0.2) is 0 Å². The Morgan fingerprint density at radius 1 is 1.27 bits per heavy atom. The maximum atomic E-state index is 3.23. The molecule has 0 unspecified atom stereocenters. The third-order valence-electron chi connectivity index (χ3n) is 1.70. The Morgan fingerprint density at radius 2 is 1.91 bits per heavy atom. The SMILES string of the molecule is Cc1c[c]c(N(C)C)c(C)c1. The fraction of sp³-hybridized carbons (Fsp3) is 0.400. The summed E-state index contributed by atoms with van der Waals surface area (Å²) in [7, 11) is 4.07. The third kappa shape index (κ3) is 1.73. The minimum atomic E-state index is 1.18. The Kier molecular flexibility index (Phi) is 2.18. The van der Waals surface area contributed by atoms with Gasteiger partial charge in [-0.15, -0.1) is 0 Å². The second kappa shape index (κ2) is 2.95. The predicted molar refractivity (Wildman–Crippen MR) is 49.1 cm³/mol. The Balaban J connectivity index is 3.09. The second-order valence-corrected chi connectivity index (χ2v) is 3.10. The molecule has 1 aromatic rings. The van der Waals surface area contributed by atoms with Gasteiger partial charge in [0.25, 0.3) is 0 Å². The van der Waals surface area contributed by atoms with E-state index in [1.165, 1.54) is 16.8 Å². The summed E-state index contributed by atoms with van der Waals surface area (Å²) in [4.78, 5) is 2.08. The van der Waals surface area contributed by atoms with E-state index in [-0.39, 0.29) is 0 Å². The van der Waals surface area contributed by atoms with E-state index in [0.717, 1.165) is 0 Å². The molecular formula is C10H14N. The number of nitrogens with zero attached hydrogens (tertiary/aromatic N) is 1. The topological polar surface area (TPSA) is 3.24 Å². The van der Waals surface area contributed by atoms with Crippen LogP contribution in [0.4, 0.5) is 5.69 Å². The lowest BCUT2D eigenvalue weighted by Crippen LogP contribution is -2.10. The minimum Gasteiger partial charge on any atom is -0.377 e. The largest absolute Gasteiger partial charge is 0.377 e. The fourth-order valence-electron chi connectivity index (χ4n) is 1.23. The third-order valence-corrected chi connectivity index (χ3v) is 1.70. The highest BCUT2D eigenvalue weighted by atomic mass is 15.1. The van der Waals surface area contributed by atoms with Gasteiger partial charge in [-0.05, 0) is 25.5 Å². The molecule has 0 bridgehead atoms. The number of hydrogen-bond acceptors (Lipinski definition) is 1. The van der Waals surface area contributed by atoms with Crippen LogP contribution in [0.3, 0.4) is 0 Å². The van der Waals surface area contributed by atoms with E-state index in [9.17, 15) is 0 Å². The Bertz CT molecular complexity index is 251. The smallest absolute Gasteiger partial charge is 0.0471 e. The van der Waals surface area contributed by atoms with Crippen molar-refractivity contribution in [1.29, 1.82) is 0 Å². The van der Waals surface area contributed by atoms with Gasteiger partial charge in [0.2, 0.25) is 0 Å². The molecule has 0 aliphatic heterocycles. The average Bonchev–Trinajstić information content (AvgIpc) is 1.85. The van der Waals surface area contributed by atoms with Crippen LogP contribution in [0.5, 0.6) is 0 Å². The van der Waals surface area contributed by atoms with Gasteiger partial charge in [-0.3, -0.25) is 0 Å². The van der Waals surface area contributed by atoms with Crippen molar-refractivity contribution in [2.75, 3.05) is 19.0 Å². The summed E-state index contributed by atoms with van der Waals surface area (Å²) in [6.07, 6.45) is 0. The lowest BCUT2D eigenvalue weighted by Gasteiger charge is -2.14. The number of anilines is 1. The molecular weight excluding hydrogens is 134 g/mol. The number of aryl methyl sites for hydroxylation is 2. The standard InChI is InChI=1S/C10H14N/c1-8-5-6-10(11(3)4)9(2)7-8/h5,7H,1-4H3. The Hall–Kier alpha value is -0.980. The van der Waals surface area contributed by atoms with E-state index in [1.54, 1.807) is 0 Å². The first-order valence-corrected chi connectivity index (χ1v) is 3.77. The molecule has 1 rings (SSSR count). The van der Waals surface area contributed by atoms with E-state index in [4.69, 9.17) is 0 Å². The molecule has 11 heavy (non-hydrogen) atoms. The van der Waals surface area contributed by atoms with Gasteiger partial charge in [-0.25, -0.2) is 0 Å². The first kappa shape index (κ1) is 8.12. The van der Waals surface area contributed by atoms with Crippen molar-refractivity contribution in [2.24, 2.45) is 0 Å². The van der Waals surface area contributed by atoms with E-state index < -0.39 is 0 Å². The molecule has 0 aliphatic rings. The summed E-state index contributed by atoms with van der Waals surface area (Å²) in [6, 6.07) is 7.42. The number of rotatable bonds is 1. The normalized spacial score (nSPS) is 9.82. The molecule has 0 amide bonds. The molecule has 0 N–H and O–H groups in total. The van der Waals surface area contributed by atoms with E-state index in [2.05, 4.69) is 30.9 Å². The lowest BCUT2D eigenvalue weighted by atomic mass is 10.1. The van der Waals surface area contributed by atoms with Crippen LogP contribution >= 0.6 is 0 Å². The van der Waals surface area contributed by atoms with Gasteiger partial charge in [-0.2, -0.15) is 0 Å². The van der Waals surface area contributed by atoms with Gasteiger partial charge in [-0.1, -0.05) is 11.6 Å². The zero-order valence-corrected chi connectivity index (χ0v) is 7.60. The van der Waals surface area contributed by atoms with Crippen LogP contribution in [-0.2, 0) is 0 Å². The minimum absolute atomic E-state index is 1.18. The first-order chi connectivity index (χ1) is 5.11. The molecule has 0 saturated heterocycles. The molecule has 0 spiro atoms. The summed E-state index contributed by atoms with van der Waals surface area (Å²) in [5.41, 5.74) is 3.73. The van der Waals surface area contributed by atoms with Crippen molar-refractivity contribution in [3.05, 3.63) is 29.3 Å². The van der Waals surface area contributed by atoms with Crippen LogP contribution in [0.1, 0.15) is 11.1 Å². The Morgan fingerprint density at radius 3 is 2.36 bits per heavy atom. The molecule has 0 atom stereocenters. The van der Waals surface area contributed by atoms with Crippen LogP contribution in [0.2, 0.25) is 0 Å². The summed E-state index contributed by atoms with van der Waals surface area (Å²) in [6.45, 7) is 4.20. The highest BCUT2D eigenvalue weighted by Gasteiger charge is 1.98. The molecule has 1 nitrogen and oxygen atoms in total. The fourth-order valence-corrected chi connectivity index (χ4v) is 1.23. The molecule has 0 saturated carbocycles. The van der Waals surface area contributed by atoms with Gasteiger partial charge >= 0.3 is 0 Å². The van der Waals surface area contributed by atoms with Gasteiger partial charge in [0, 0.05) is 25.8 Å². The van der Waals surface area contributed by atoms with Crippen molar-refractivity contribution in [3.8, 4) is 0 Å². The maximum absolute atomic E-state index is 3.23. The quantitative estimate of drug-likeness (QED) is 0.590. The zero-order chi connectivity index (χ0) is 8.43. The van der Waals surface area contributed by atoms with E-state index in [0.29, 0.717) is 0 Å². The van der Waals surface area contributed by atoms with Crippen LogP contribution in [0.15, 0.2) is 12.1 Å². The van der Waals surface area contributed by atoms with Crippen molar-refractivity contribution in [3.63, 3.8) is 0 Å². The highest BCUT2D eigenvalue weighted by molar-refractivity contribution is 5.51. The lowest BCUT2D eigenvalue weighted by molar-refractivity contribution is 1.11. The second-order valence-electron chi connectivity index (χ2n) is 3.10. The molecule has 1 aromatic carbocycles. The number of benzene rings is 1. The zero-order valence-electron chi connectivity index (χ0n) is 7.60. The molecule has 0 aromatic heterocycles. The summed E-state index contributed by atoms with van der Waals surface area (Å²) < 4.78 is 0. The molecule has 59 valence electrons. The van der Waals surface area contributed by atoms with Crippen LogP contribution in [0.25, 0.3) is 0 Å². The summed E-state index contributed by atoms with van der Waals surface area (Å²) >= 11 is 0. The average molecular weight is 148 g/mol. The molecule has 0 aliphatic carbocycles. The van der Waals surface area contributed by atoms with Crippen LogP contribution in [-0.4, -0.2) is 14.1 Å². The van der Waals surface area contributed by atoms with Crippen LogP contribution in [0, 0.1) is 19.9 Å². The predicted octanol–water partition coefficient (Wildman–Crippen LogP) is 2.17. The van der Waals surface area contributed by atoms with Crippen LogP contribution < -0.4 is 4.90 Å². The maximum Gasteiger partial charge on any atom is 0.0471 e. The monoisotopic (exact) mass is 148 g/mol. The highest BCUT2D eigenvalue weighted by Crippen LogP contribution is 2.17. The first-order valence-electron chi connectivity index (χ1n) is 3.77.